The van der Waals surface area contributed by atoms with Crippen LogP contribution in [0, 0.1) is 18.3 Å². The highest BCUT2D eigenvalue weighted by molar-refractivity contribution is 5.90. The largest absolute Gasteiger partial charge is 0.490 e. The number of hydrogen-bond donors (Lipinski definition) is 0. The molecule has 3 nitrogen and oxygen atoms in total. The molecule has 0 heterocycles. The summed E-state index contributed by atoms with van der Waals surface area (Å²) in [5.74, 6) is 1.41. The number of benzene rings is 3. The molecule has 0 saturated heterocycles. The van der Waals surface area contributed by atoms with Crippen LogP contribution in [-0.4, -0.2) is 13.2 Å². The maximum Gasteiger partial charge on any atom is 0.137 e. The Bertz CT molecular complexity index is 848. The molecule has 0 bridgehead atoms. The van der Waals surface area contributed by atoms with Crippen molar-refractivity contribution in [3.05, 3.63) is 71.8 Å². The summed E-state index contributed by atoms with van der Waals surface area (Å²) in [5.41, 5.74) is 1.77. The van der Waals surface area contributed by atoms with Crippen LogP contribution in [-0.2, 0) is 0 Å². The van der Waals surface area contributed by atoms with E-state index in [0.29, 0.717) is 24.5 Å². The molecule has 0 radical (unpaired) electrons. The predicted octanol–water partition coefficient (Wildman–Crippen LogP) is 4.48. The van der Waals surface area contributed by atoms with Crippen molar-refractivity contribution in [1.82, 2.24) is 0 Å². The average molecular weight is 303 g/mol. The lowest BCUT2D eigenvalue weighted by atomic mass is 10.0. The van der Waals surface area contributed by atoms with Gasteiger partial charge in [-0.1, -0.05) is 48.0 Å². The molecule has 0 aliphatic carbocycles. The highest BCUT2D eigenvalue weighted by Crippen LogP contribution is 2.27. The average Bonchev–Trinajstić information content (AvgIpc) is 2.59. The van der Waals surface area contributed by atoms with E-state index >= 15 is 0 Å². The Labute approximate surface area is 135 Å². The minimum Gasteiger partial charge on any atom is -0.490 e. The molecule has 0 aliphatic rings. The van der Waals surface area contributed by atoms with Crippen molar-refractivity contribution >= 4 is 10.8 Å². The molecule has 3 rings (SSSR count). The van der Waals surface area contributed by atoms with Gasteiger partial charge in [-0.2, -0.15) is 5.26 Å². The Morgan fingerprint density at radius 1 is 0.870 bits per heavy atom. The third-order valence-corrected chi connectivity index (χ3v) is 3.63. The van der Waals surface area contributed by atoms with Crippen LogP contribution < -0.4 is 9.47 Å². The van der Waals surface area contributed by atoms with Gasteiger partial charge in [0.25, 0.3) is 0 Å². The molecular formula is C20H17NO2. The lowest BCUT2D eigenvalue weighted by Gasteiger charge is -2.11. The minimum absolute atomic E-state index is 0.390. The molecule has 3 heteroatoms. The van der Waals surface area contributed by atoms with Gasteiger partial charge in [0.1, 0.15) is 36.3 Å². The molecule has 3 aromatic carbocycles. The molecule has 0 amide bonds. The monoisotopic (exact) mass is 303 g/mol. The first-order chi connectivity index (χ1) is 11.3. The molecule has 0 N–H and O–H groups in total. The Morgan fingerprint density at radius 2 is 1.61 bits per heavy atom. The summed E-state index contributed by atoms with van der Waals surface area (Å²) >= 11 is 0. The van der Waals surface area contributed by atoms with E-state index in [1.54, 1.807) is 0 Å². The summed E-state index contributed by atoms with van der Waals surface area (Å²) in [6, 6.07) is 21.7. The number of nitrogens with zero attached hydrogens (tertiary/aromatic N) is 1. The normalized spacial score (nSPS) is 10.3. The summed E-state index contributed by atoms with van der Waals surface area (Å²) in [6.45, 7) is 2.86. The first-order valence-corrected chi connectivity index (χ1v) is 7.52. The molecule has 0 saturated carbocycles. The van der Waals surface area contributed by atoms with E-state index in [-0.39, 0.29) is 0 Å². The van der Waals surface area contributed by atoms with Crippen LogP contribution in [0.2, 0.25) is 0 Å². The fourth-order valence-corrected chi connectivity index (χ4v) is 2.43. The van der Waals surface area contributed by atoms with E-state index in [2.05, 4.69) is 6.07 Å². The lowest BCUT2D eigenvalue weighted by Crippen LogP contribution is -2.09. The number of aryl methyl sites for hydroxylation is 1. The Hall–Kier alpha value is -2.99. The van der Waals surface area contributed by atoms with Crippen LogP contribution in [0.4, 0.5) is 0 Å². The molecule has 23 heavy (non-hydrogen) atoms. The van der Waals surface area contributed by atoms with Gasteiger partial charge in [0.15, 0.2) is 0 Å². The Morgan fingerprint density at radius 3 is 2.39 bits per heavy atom. The topological polar surface area (TPSA) is 42.2 Å². The molecule has 0 atom stereocenters. The van der Waals surface area contributed by atoms with Crippen molar-refractivity contribution in [1.29, 1.82) is 5.26 Å². The third kappa shape index (κ3) is 3.44. The van der Waals surface area contributed by atoms with Crippen molar-refractivity contribution < 1.29 is 9.47 Å². The molecule has 0 fully saturated rings. The van der Waals surface area contributed by atoms with E-state index in [4.69, 9.17) is 9.47 Å². The Kier molecular flexibility index (Phi) is 4.44. The zero-order chi connectivity index (χ0) is 16.1. The zero-order valence-electron chi connectivity index (χ0n) is 13.0. The fraction of sp³-hybridized carbons (Fsp3) is 0.150. The van der Waals surface area contributed by atoms with Crippen LogP contribution in [0.3, 0.4) is 0 Å². The van der Waals surface area contributed by atoms with Crippen LogP contribution in [0.15, 0.2) is 60.7 Å². The van der Waals surface area contributed by atoms with Crippen LogP contribution in [0.25, 0.3) is 10.8 Å². The summed E-state index contributed by atoms with van der Waals surface area (Å²) in [4.78, 5) is 0. The first kappa shape index (κ1) is 14.9. The number of nitriles is 1. The van der Waals surface area contributed by atoms with Gasteiger partial charge in [0.2, 0.25) is 0 Å². The standard InChI is InChI=1S/C20H17NO2/c1-15-6-9-17(10-7-15)22-12-13-23-20-11-8-16-4-2-3-5-18(16)19(20)14-21/h2-11H,12-13H2,1H3. The van der Waals surface area contributed by atoms with Crippen LogP contribution in [0.1, 0.15) is 11.1 Å². The summed E-state index contributed by atoms with van der Waals surface area (Å²) in [7, 11) is 0. The molecular weight excluding hydrogens is 286 g/mol. The van der Waals surface area contributed by atoms with E-state index in [1.807, 2.05) is 67.6 Å². The zero-order valence-corrected chi connectivity index (χ0v) is 13.0. The quantitative estimate of drug-likeness (QED) is 0.653. The molecule has 0 spiro atoms. The number of ether oxygens (including phenoxy) is 2. The Balaban J connectivity index is 1.65. The predicted molar refractivity (Wildman–Crippen MR) is 90.8 cm³/mol. The van der Waals surface area contributed by atoms with Crippen molar-refractivity contribution in [3.8, 4) is 17.6 Å². The first-order valence-electron chi connectivity index (χ1n) is 7.52. The van der Waals surface area contributed by atoms with E-state index in [0.717, 1.165) is 16.5 Å². The van der Waals surface area contributed by atoms with Gasteiger partial charge in [-0.25, -0.2) is 0 Å². The van der Waals surface area contributed by atoms with Gasteiger partial charge in [-0.05, 0) is 30.5 Å². The maximum absolute atomic E-state index is 9.42. The second-order valence-electron chi connectivity index (χ2n) is 5.28. The van der Waals surface area contributed by atoms with E-state index in [9.17, 15) is 5.26 Å². The van der Waals surface area contributed by atoms with Crippen molar-refractivity contribution in [3.63, 3.8) is 0 Å². The minimum atomic E-state index is 0.390. The van der Waals surface area contributed by atoms with E-state index in [1.165, 1.54) is 5.56 Å². The number of fused-ring (bicyclic) bond motifs is 1. The van der Waals surface area contributed by atoms with Crippen molar-refractivity contribution in [2.75, 3.05) is 13.2 Å². The van der Waals surface area contributed by atoms with Gasteiger partial charge >= 0.3 is 0 Å². The summed E-state index contributed by atoms with van der Waals surface area (Å²) in [5, 5.41) is 11.4. The van der Waals surface area contributed by atoms with Crippen molar-refractivity contribution in [2.45, 2.75) is 6.92 Å². The smallest absolute Gasteiger partial charge is 0.137 e. The maximum atomic E-state index is 9.42. The highest BCUT2D eigenvalue weighted by Gasteiger charge is 2.08. The van der Waals surface area contributed by atoms with Gasteiger partial charge in [-0.15, -0.1) is 0 Å². The molecule has 0 aliphatic heterocycles. The summed E-state index contributed by atoms with van der Waals surface area (Å²) in [6.07, 6.45) is 0. The van der Waals surface area contributed by atoms with Gasteiger partial charge < -0.3 is 9.47 Å². The van der Waals surface area contributed by atoms with Crippen molar-refractivity contribution in [2.24, 2.45) is 0 Å². The van der Waals surface area contributed by atoms with Crippen LogP contribution >= 0.6 is 0 Å². The SMILES string of the molecule is Cc1ccc(OCCOc2ccc3ccccc3c2C#N)cc1. The molecule has 0 unspecified atom stereocenters. The molecule has 114 valence electrons. The highest BCUT2D eigenvalue weighted by atomic mass is 16.5. The summed E-state index contributed by atoms with van der Waals surface area (Å²) < 4.78 is 11.4. The second-order valence-corrected chi connectivity index (χ2v) is 5.28. The fourth-order valence-electron chi connectivity index (χ4n) is 2.43. The number of hydrogen-bond acceptors (Lipinski definition) is 3. The number of rotatable bonds is 5. The third-order valence-electron chi connectivity index (χ3n) is 3.63. The van der Waals surface area contributed by atoms with Gasteiger partial charge in [0.05, 0.1) is 0 Å². The van der Waals surface area contributed by atoms with Gasteiger partial charge in [-0.3, -0.25) is 0 Å². The van der Waals surface area contributed by atoms with Gasteiger partial charge in [0, 0.05) is 5.39 Å². The second kappa shape index (κ2) is 6.85. The van der Waals surface area contributed by atoms with Crippen LogP contribution in [0.5, 0.6) is 11.5 Å². The molecule has 3 aromatic rings. The van der Waals surface area contributed by atoms with E-state index < -0.39 is 0 Å². The lowest BCUT2D eigenvalue weighted by molar-refractivity contribution is 0.217. The molecule has 0 aromatic heterocycles.